The molecule has 4 heteroatoms. The van der Waals surface area contributed by atoms with E-state index in [2.05, 4.69) is 73.5 Å². The van der Waals surface area contributed by atoms with Crippen LogP contribution in [0.4, 0.5) is 0 Å². The Balaban J connectivity index is 1.66. The molecule has 2 heterocycles. The average molecular weight is 376 g/mol. The molecule has 0 atom stereocenters. The van der Waals surface area contributed by atoms with E-state index >= 15 is 0 Å². The molecule has 0 amide bonds. The van der Waals surface area contributed by atoms with Gasteiger partial charge in [-0.2, -0.15) is 5.10 Å². The zero-order chi connectivity index (χ0) is 19.5. The SMILES string of the molecule is COC1CCN(Cc2cn(-c3ccc(C)cc3)nc2-c2cccc(C)c2)CC1. The van der Waals surface area contributed by atoms with Gasteiger partial charge in [-0.05, 0) is 44.9 Å². The Kier molecular flexibility index (Phi) is 5.60. The zero-order valence-corrected chi connectivity index (χ0v) is 17.1. The van der Waals surface area contributed by atoms with Crippen LogP contribution in [-0.2, 0) is 11.3 Å². The predicted molar refractivity (Wildman–Crippen MR) is 114 cm³/mol. The number of rotatable bonds is 5. The molecule has 0 saturated carbocycles. The molecule has 4 rings (SSSR count). The normalized spacial score (nSPS) is 15.8. The van der Waals surface area contributed by atoms with E-state index in [4.69, 9.17) is 9.84 Å². The van der Waals surface area contributed by atoms with Crippen molar-refractivity contribution < 1.29 is 4.74 Å². The first-order chi connectivity index (χ1) is 13.6. The first-order valence-electron chi connectivity index (χ1n) is 10.1. The quantitative estimate of drug-likeness (QED) is 0.644. The lowest BCUT2D eigenvalue weighted by Gasteiger charge is -2.31. The van der Waals surface area contributed by atoms with E-state index in [1.54, 1.807) is 0 Å². The molecule has 2 aromatic carbocycles. The highest BCUT2D eigenvalue weighted by Crippen LogP contribution is 2.27. The van der Waals surface area contributed by atoms with Crippen LogP contribution >= 0.6 is 0 Å². The summed E-state index contributed by atoms with van der Waals surface area (Å²) in [5, 5.41) is 4.98. The van der Waals surface area contributed by atoms with Gasteiger partial charge in [-0.3, -0.25) is 4.90 Å². The second kappa shape index (κ2) is 8.29. The number of nitrogens with zero attached hydrogens (tertiary/aromatic N) is 3. The van der Waals surface area contributed by atoms with Crippen LogP contribution in [0, 0.1) is 13.8 Å². The van der Waals surface area contributed by atoms with Crippen molar-refractivity contribution in [3.8, 4) is 16.9 Å². The summed E-state index contributed by atoms with van der Waals surface area (Å²) >= 11 is 0. The molecule has 4 nitrogen and oxygen atoms in total. The molecule has 1 aliphatic heterocycles. The van der Waals surface area contributed by atoms with Gasteiger partial charge in [-0.25, -0.2) is 4.68 Å². The molecule has 0 bridgehead atoms. The molecule has 3 aromatic rings. The van der Waals surface area contributed by atoms with Crippen molar-refractivity contribution in [2.24, 2.45) is 0 Å². The van der Waals surface area contributed by atoms with Crippen molar-refractivity contribution in [2.75, 3.05) is 20.2 Å². The van der Waals surface area contributed by atoms with E-state index in [0.717, 1.165) is 43.9 Å². The second-order valence-corrected chi connectivity index (χ2v) is 7.86. The van der Waals surface area contributed by atoms with E-state index in [9.17, 15) is 0 Å². The van der Waals surface area contributed by atoms with Gasteiger partial charge < -0.3 is 4.74 Å². The Labute approximate surface area is 167 Å². The Hall–Kier alpha value is -2.43. The van der Waals surface area contributed by atoms with Crippen LogP contribution < -0.4 is 0 Å². The highest BCUT2D eigenvalue weighted by Gasteiger charge is 2.21. The largest absolute Gasteiger partial charge is 0.381 e. The van der Waals surface area contributed by atoms with Crippen LogP contribution in [0.15, 0.2) is 54.7 Å². The lowest BCUT2D eigenvalue weighted by atomic mass is 10.0. The maximum absolute atomic E-state index is 5.52. The van der Waals surface area contributed by atoms with Crippen LogP contribution in [0.1, 0.15) is 29.5 Å². The minimum absolute atomic E-state index is 0.405. The first-order valence-corrected chi connectivity index (χ1v) is 10.1. The summed E-state index contributed by atoms with van der Waals surface area (Å²) in [5.41, 5.74) is 7.17. The van der Waals surface area contributed by atoms with Gasteiger partial charge in [0.25, 0.3) is 0 Å². The number of ether oxygens (including phenoxy) is 1. The maximum atomic E-state index is 5.52. The summed E-state index contributed by atoms with van der Waals surface area (Å²) < 4.78 is 7.55. The van der Waals surface area contributed by atoms with E-state index < -0.39 is 0 Å². The highest BCUT2D eigenvalue weighted by atomic mass is 16.5. The Morgan fingerprint density at radius 2 is 1.75 bits per heavy atom. The van der Waals surface area contributed by atoms with Crippen LogP contribution in [0.5, 0.6) is 0 Å². The zero-order valence-electron chi connectivity index (χ0n) is 17.1. The number of aryl methyl sites for hydroxylation is 2. The molecule has 1 aliphatic rings. The first kappa shape index (κ1) is 18.9. The standard InChI is InChI=1S/C24H29N3O/c1-18-7-9-22(10-8-18)27-17-21(16-26-13-11-23(28-3)12-14-26)24(25-27)20-6-4-5-19(2)15-20/h4-10,15,17,23H,11-14,16H2,1-3H3. The van der Waals surface area contributed by atoms with Crippen LogP contribution in [0.2, 0.25) is 0 Å². The van der Waals surface area contributed by atoms with Gasteiger partial charge in [0.1, 0.15) is 0 Å². The Bertz CT molecular complexity index is 921. The molecule has 146 valence electrons. The summed E-state index contributed by atoms with van der Waals surface area (Å²) in [7, 11) is 1.82. The van der Waals surface area contributed by atoms with Crippen LogP contribution in [0.25, 0.3) is 16.9 Å². The summed E-state index contributed by atoms with van der Waals surface area (Å²) in [6.07, 6.45) is 4.80. The number of benzene rings is 2. The number of hydrogen-bond acceptors (Lipinski definition) is 3. The van der Waals surface area contributed by atoms with Gasteiger partial charge in [0.15, 0.2) is 0 Å². The fourth-order valence-corrected chi connectivity index (χ4v) is 3.93. The van der Waals surface area contributed by atoms with Crippen molar-refractivity contribution >= 4 is 0 Å². The third kappa shape index (κ3) is 4.18. The lowest BCUT2D eigenvalue weighted by Crippen LogP contribution is -2.36. The third-order valence-electron chi connectivity index (χ3n) is 5.64. The van der Waals surface area contributed by atoms with Crippen molar-refractivity contribution in [1.82, 2.24) is 14.7 Å². The molecule has 0 unspecified atom stereocenters. The highest BCUT2D eigenvalue weighted by molar-refractivity contribution is 5.64. The van der Waals surface area contributed by atoms with E-state index in [0.29, 0.717) is 6.10 Å². The van der Waals surface area contributed by atoms with Gasteiger partial charge in [0, 0.05) is 44.1 Å². The fraction of sp³-hybridized carbons (Fsp3) is 0.375. The minimum atomic E-state index is 0.405. The van der Waals surface area contributed by atoms with Crippen molar-refractivity contribution in [2.45, 2.75) is 39.3 Å². The molecule has 1 saturated heterocycles. The van der Waals surface area contributed by atoms with E-state index in [-0.39, 0.29) is 0 Å². The Morgan fingerprint density at radius 1 is 1.00 bits per heavy atom. The summed E-state index contributed by atoms with van der Waals surface area (Å²) in [6.45, 7) is 7.31. The number of methoxy groups -OCH3 is 1. The number of hydrogen-bond donors (Lipinski definition) is 0. The predicted octanol–water partition coefficient (Wildman–Crippen LogP) is 4.77. The third-order valence-corrected chi connectivity index (χ3v) is 5.64. The average Bonchev–Trinajstić information content (AvgIpc) is 3.13. The molecular weight excluding hydrogens is 346 g/mol. The molecule has 28 heavy (non-hydrogen) atoms. The van der Waals surface area contributed by atoms with E-state index in [1.807, 2.05) is 11.8 Å². The topological polar surface area (TPSA) is 30.3 Å². The van der Waals surface area contributed by atoms with Crippen molar-refractivity contribution in [3.63, 3.8) is 0 Å². The number of piperidine rings is 1. The van der Waals surface area contributed by atoms with E-state index in [1.165, 1.54) is 22.3 Å². The fourth-order valence-electron chi connectivity index (χ4n) is 3.93. The van der Waals surface area contributed by atoms with Gasteiger partial charge in [0.2, 0.25) is 0 Å². The summed E-state index contributed by atoms with van der Waals surface area (Å²) in [5.74, 6) is 0. The molecule has 0 spiro atoms. The van der Waals surface area contributed by atoms with Crippen LogP contribution in [0.3, 0.4) is 0 Å². The molecule has 0 aliphatic carbocycles. The molecule has 0 radical (unpaired) electrons. The van der Waals surface area contributed by atoms with Crippen molar-refractivity contribution in [1.29, 1.82) is 0 Å². The monoisotopic (exact) mass is 375 g/mol. The second-order valence-electron chi connectivity index (χ2n) is 7.86. The van der Waals surface area contributed by atoms with Gasteiger partial charge in [0.05, 0.1) is 17.5 Å². The Morgan fingerprint density at radius 3 is 2.43 bits per heavy atom. The molecule has 1 aromatic heterocycles. The van der Waals surface area contributed by atoms with Crippen LogP contribution in [-0.4, -0.2) is 41.0 Å². The summed E-state index contributed by atoms with van der Waals surface area (Å²) in [4.78, 5) is 2.52. The molecule has 1 fully saturated rings. The number of aromatic nitrogens is 2. The number of likely N-dealkylation sites (tertiary alicyclic amines) is 1. The van der Waals surface area contributed by atoms with Gasteiger partial charge in [-0.1, -0.05) is 41.5 Å². The summed E-state index contributed by atoms with van der Waals surface area (Å²) in [6, 6.07) is 17.2. The van der Waals surface area contributed by atoms with Gasteiger partial charge >= 0.3 is 0 Å². The lowest BCUT2D eigenvalue weighted by molar-refractivity contribution is 0.0389. The maximum Gasteiger partial charge on any atom is 0.0972 e. The molecular formula is C24H29N3O. The van der Waals surface area contributed by atoms with Crippen molar-refractivity contribution in [3.05, 3.63) is 71.4 Å². The molecule has 0 N–H and O–H groups in total. The smallest absolute Gasteiger partial charge is 0.0972 e. The van der Waals surface area contributed by atoms with Gasteiger partial charge in [-0.15, -0.1) is 0 Å². The minimum Gasteiger partial charge on any atom is -0.381 e.